The number of benzene rings is 1. The molecule has 0 saturated carbocycles. The number of rotatable bonds is 2. The van der Waals surface area contributed by atoms with Crippen molar-refractivity contribution in [2.45, 2.75) is 6.92 Å². The molecule has 2 heterocycles. The highest BCUT2D eigenvalue weighted by atomic mass is 32.1. The number of hydrogen-bond donors (Lipinski definition) is 1. The molecule has 2 aromatic heterocycles. The van der Waals surface area contributed by atoms with Crippen LogP contribution in [0.2, 0.25) is 0 Å². The van der Waals surface area contributed by atoms with Crippen molar-refractivity contribution >= 4 is 17.7 Å². The van der Waals surface area contributed by atoms with Gasteiger partial charge in [-0.2, -0.15) is 0 Å². The first-order valence-electron chi connectivity index (χ1n) is 6.04. The van der Waals surface area contributed by atoms with Crippen molar-refractivity contribution in [1.29, 1.82) is 0 Å². The molecule has 0 radical (unpaired) electrons. The third-order valence-electron chi connectivity index (χ3n) is 3.20. The maximum atomic E-state index is 5.35. The van der Waals surface area contributed by atoms with Gasteiger partial charge in [0.2, 0.25) is 0 Å². The number of aryl methyl sites for hydroxylation is 1. The van der Waals surface area contributed by atoms with Crippen LogP contribution < -0.4 is 4.74 Å². The third-order valence-corrected chi connectivity index (χ3v) is 3.49. The fourth-order valence-electron chi connectivity index (χ4n) is 2.18. The van der Waals surface area contributed by atoms with E-state index in [9.17, 15) is 0 Å². The van der Waals surface area contributed by atoms with Crippen LogP contribution in [0.4, 0.5) is 0 Å². The smallest absolute Gasteiger partial charge is 0.182 e. The molecule has 0 aliphatic rings. The molecule has 0 aliphatic carbocycles. The molecule has 1 aromatic carbocycles. The summed E-state index contributed by atoms with van der Waals surface area (Å²) in [6.07, 6.45) is 2.00. The molecule has 0 unspecified atom stereocenters. The lowest BCUT2D eigenvalue weighted by molar-refractivity contribution is 0.415. The molecular formula is C15H14N2OS. The SMILES string of the molecule is COc1ccc(-c2[nH]c(=S)n3ccc(C)cc23)cc1. The third kappa shape index (κ3) is 2.04. The monoisotopic (exact) mass is 270 g/mol. The summed E-state index contributed by atoms with van der Waals surface area (Å²) in [5.74, 6) is 0.849. The lowest BCUT2D eigenvalue weighted by Crippen LogP contribution is -1.85. The maximum absolute atomic E-state index is 5.35. The molecule has 0 aliphatic heterocycles. The van der Waals surface area contributed by atoms with Crippen LogP contribution in [0.3, 0.4) is 0 Å². The predicted octanol–water partition coefficient (Wildman–Crippen LogP) is 3.98. The summed E-state index contributed by atoms with van der Waals surface area (Å²) < 4.78 is 7.88. The molecule has 0 bridgehead atoms. The maximum Gasteiger partial charge on any atom is 0.182 e. The summed E-state index contributed by atoms with van der Waals surface area (Å²) in [7, 11) is 1.67. The molecule has 0 spiro atoms. The van der Waals surface area contributed by atoms with Crippen LogP contribution in [0, 0.1) is 11.7 Å². The van der Waals surface area contributed by atoms with Gasteiger partial charge in [-0.3, -0.25) is 4.40 Å². The van der Waals surface area contributed by atoms with Crippen LogP contribution in [-0.2, 0) is 0 Å². The van der Waals surface area contributed by atoms with E-state index >= 15 is 0 Å². The molecule has 0 amide bonds. The van der Waals surface area contributed by atoms with Crippen LogP contribution in [0.25, 0.3) is 16.8 Å². The highest BCUT2D eigenvalue weighted by molar-refractivity contribution is 7.71. The number of H-pyrrole nitrogens is 1. The fourth-order valence-corrected chi connectivity index (χ4v) is 2.45. The van der Waals surface area contributed by atoms with E-state index in [4.69, 9.17) is 17.0 Å². The van der Waals surface area contributed by atoms with Gasteiger partial charge in [0.15, 0.2) is 4.77 Å². The van der Waals surface area contributed by atoms with Gasteiger partial charge in [0.05, 0.1) is 18.3 Å². The van der Waals surface area contributed by atoms with Crippen molar-refractivity contribution in [3.8, 4) is 17.0 Å². The fraction of sp³-hybridized carbons (Fsp3) is 0.133. The van der Waals surface area contributed by atoms with E-state index in [0.717, 1.165) is 22.5 Å². The van der Waals surface area contributed by atoms with Crippen LogP contribution in [-0.4, -0.2) is 16.5 Å². The van der Waals surface area contributed by atoms with E-state index in [1.54, 1.807) is 7.11 Å². The largest absolute Gasteiger partial charge is 0.497 e. The Morgan fingerprint density at radius 1 is 1.16 bits per heavy atom. The second kappa shape index (κ2) is 4.55. The van der Waals surface area contributed by atoms with Crippen molar-refractivity contribution in [1.82, 2.24) is 9.38 Å². The number of imidazole rings is 1. The molecule has 4 heteroatoms. The van der Waals surface area contributed by atoms with Crippen LogP contribution >= 0.6 is 12.2 Å². The van der Waals surface area contributed by atoms with Crippen molar-refractivity contribution in [2.24, 2.45) is 0 Å². The standard InChI is InChI=1S/C15H14N2OS/c1-10-7-8-17-13(9-10)14(16-15(17)19)11-3-5-12(18-2)6-4-11/h3-9H,1-2H3,(H,16,19). The normalized spacial score (nSPS) is 10.8. The molecular weight excluding hydrogens is 256 g/mol. The Labute approximate surface area is 116 Å². The van der Waals surface area contributed by atoms with E-state index in [1.165, 1.54) is 5.56 Å². The molecule has 0 saturated heterocycles. The lowest BCUT2D eigenvalue weighted by Gasteiger charge is -2.03. The highest BCUT2D eigenvalue weighted by Gasteiger charge is 2.07. The zero-order chi connectivity index (χ0) is 13.4. The molecule has 19 heavy (non-hydrogen) atoms. The highest BCUT2D eigenvalue weighted by Crippen LogP contribution is 2.26. The second-order valence-corrected chi connectivity index (χ2v) is 4.88. The lowest BCUT2D eigenvalue weighted by atomic mass is 10.1. The van der Waals surface area contributed by atoms with E-state index in [2.05, 4.69) is 24.0 Å². The molecule has 3 rings (SSSR count). The summed E-state index contributed by atoms with van der Waals surface area (Å²) in [6.45, 7) is 2.08. The average Bonchev–Trinajstić information content (AvgIpc) is 2.75. The Morgan fingerprint density at radius 3 is 2.58 bits per heavy atom. The van der Waals surface area contributed by atoms with Gasteiger partial charge < -0.3 is 9.72 Å². The topological polar surface area (TPSA) is 29.4 Å². The molecule has 96 valence electrons. The van der Waals surface area contributed by atoms with Gasteiger partial charge in [0, 0.05) is 11.8 Å². The number of methoxy groups -OCH3 is 1. The minimum Gasteiger partial charge on any atom is -0.497 e. The van der Waals surface area contributed by atoms with Gasteiger partial charge in [-0.25, -0.2) is 0 Å². The summed E-state index contributed by atoms with van der Waals surface area (Å²) in [4.78, 5) is 3.27. The minimum atomic E-state index is 0.709. The Bertz CT molecular complexity index is 784. The van der Waals surface area contributed by atoms with Crippen LogP contribution in [0.5, 0.6) is 5.75 Å². The summed E-state index contributed by atoms with van der Waals surface area (Å²) >= 11 is 5.35. The predicted molar refractivity (Wildman–Crippen MR) is 79.3 cm³/mol. The number of aromatic nitrogens is 2. The number of fused-ring (bicyclic) bond motifs is 1. The molecule has 1 N–H and O–H groups in total. The summed E-state index contributed by atoms with van der Waals surface area (Å²) in [6, 6.07) is 12.1. The first kappa shape index (κ1) is 12.0. The van der Waals surface area contributed by atoms with Gasteiger partial charge in [-0.15, -0.1) is 0 Å². The van der Waals surface area contributed by atoms with Crippen molar-refractivity contribution in [2.75, 3.05) is 7.11 Å². The average molecular weight is 270 g/mol. The van der Waals surface area contributed by atoms with E-state index in [0.29, 0.717) is 4.77 Å². The summed E-state index contributed by atoms with van der Waals surface area (Å²) in [5.41, 5.74) is 4.44. The van der Waals surface area contributed by atoms with Gasteiger partial charge >= 0.3 is 0 Å². The van der Waals surface area contributed by atoms with Crippen molar-refractivity contribution in [3.05, 3.63) is 52.9 Å². The van der Waals surface area contributed by atoms with Gasteiger partial charge in [-0.05, 0) is 61.1 Å². The number of nitrogens with zero attached hydrogens (tertiary/aromatic N) is 1. The molecule has 3 aromatic rings. The zero-order valence-corrected chi connectivity index (χ0v) is 11.6. The quantitative estimate of drug-likeness (QED) is 0.714. The Hall–Kier alpha value is -2.07. The number of aromatic amines is 1. The number of pyridine rings is 1. The Kier molecular flexibility index (Phi) is 2.87. The number of nitrogens with one attached hydrogen (secondary N) is 1. The summed E-state index contributed by atoms with van der Waals surface area (Å²) in [5, 5.41) is 0. The van der Waals surface area contributed by atoms with Gasteiger partial charge in [0.1, 0.15) is 5.75 Å². The van der Waals surface area contributed by atoms with Crippen molar-refractivity contribution in [3.63, 3.8) is 0 Å². The number of ether oxygens (including phenoxy) is 1. The van der Waals surface area contributed by atoms with Gasteiger partial charge in [-0.1, -0.05) is 0 Å². The van der Waals surface area contributed by atoms with Crippen LogP contribution in [0.15, 0.2) is 42.6 Å². The second-order valence-electron chi connectivity index (χ2n) is 4.49. The van der Waals surface area contributed by atoms with Crippen LogP contribution in [0.1, 0.15) is 5.56 Å². The zero-order valence-electron chi connectivity index (χ0n) is 10.8. The Morgan fingerprint density at radius 2 is 1.89 bits per heavy atom. The first-order valence-corrected chi connectivity index (χ1v) is 6.45. The first-order chi connectivity index (χ1) is 9.19. The van der Waals surface area contributed by atoms with E-state index < -0.39 is 0 Å². The van der Waals surface area contributed by atoms with Gasteiger partial charge in [0.25, 0.3) is 0 Å². The molecule has 3 nitrogen and oxygen atoms in total. The Balaban J connectivity index is 2.23. The van der Waals surface area contributed by atoms with Crippen molar-refractivity contribution < 1.29 is 4.74 Å². The minimum absolute atomic E-state index is 0.709. The van der Waals surface area contributed by atoms with E-state index in [1.807, 2.05) is 34.9 Å². The molecule has 0 atom stereocenters. The van der Waals surface area contributed by atoms with E-state index in [-0.39, 0.29) is 0 Å². The molecule has 0 fully saturated rings. The number of hydrogen-bond acceptors (Lipinski definition) is 2.